The lowest BCUT2D eigenvalue weighted by Crippen LogP contribution is -2.21. The zero-order chi connectivity index (χ0) is 14.9. The third-order valence-electron chi connectivity index (χ3n) is 3.61. The monoisotopic (exact) mass is 283 g/mol. The van der Waals surface area contributed by atoms with Gasteiger partial charge in [0.2, 0.25) is 0 Å². The minimum atomic E-state index is 0.394. The van der Waals surface area contributed by atoms with E-state index in [1.165, 1.54) is 11.1 Å². The maximum atomic E-state index is 5.51. The van der Waals surface area contributed by atoms with E-state index in [4.69, 9.17) is 4.74 Å². The van der Waals surface area contributed by atoms with Crippen molar-refractivity contribution in [3.8, 4) is 5.75 Å². The van der Waals surface area contributed by atoms with Gasteiger partial charge in [0.05, 0.1) is 6.61 Å². The highest BCUT2D eigenvalue weighted by atomic mass is 16.5. The number of benzene rings is 2. The van der Waals surface area contributed by atoms with Crippen molar-refractivity contribution in [1.82, 2.24) is 5.32 Å². The normalized spacial score (nSPS) is 12.1. The molecule has 0 aliphatic rings. The third kappa shape index (κ3) is 4.91. The fraction of sp³-hybridized carbons (Fsp3) is 0.368. The highest BCUT2D eigenvalue weighted by Crippen LogP contribution is 2.22. The van der Waals surface area contributed by atoms with E-state index in [0.717, 1.165) is 25.1 Å². The summed E-state index contributed by atoms with van der Waals surface area (Å²) in [7, 11) is 0. The molecule has 2 aromatic rings. The van der Waals surface area contributed by atoms with E-state index in [0.29, 0.717) is 12.6 Å². The minimum Gasteiger partial charge on any atom is -0.494 e. The topological polar surface area (TPSA) is 21.3 Å². The molecule has 0 amide bonds. The molecule has 112 valence electrons. The first-order valence-corrected chi connectivity index (χ1v) is 7.83. The Morgan fingerprint density at radius 1 is 0.952 bits per heavy atom. The van der Waals surface area contributed by atoms with Gasteiger partial charge in [-0.15, -0.1) is 0 Å². The summed E-state index contributed by atoms with van der Waals surface area (Å²) in [4.78, 5) is 0. The lowest BCUT2D eigenvalue weighted by atomic mass is 9.99. The molecule has 0 radical (unpaired) electrons. The summed E-state index contributed by atoms with van der Waals surface area (Å²) >= 11 is 0. The van der Waals surface area contributed by atoms with Crippen molar-refractivity contribution in [2.45, 2.75) is 32.7 Å². The van der Waals surface area contributed by atoms with Crippen molar-refractivity contribution in [2.24, 2.45) is 0 Å². The molecule has 0 aliphatic carbocycles. The molecule has 0 fully saturated rings. The first kappa shape index (κ1) is 15.6. The van der Waals surface area contributed by atoms with Gasteiger partial charge in [0.1, 0.15) is 5.75 Å². The second kappa shape index (κ2) is 8.48. The van der Waals surface area contributed by atoms with E-state index in [9.17, 15) is 0 Å². The van der Waals surface area contributed by atoms with Gasteiger partial charge in [0.25, 0.3) is 0 Å². The van der Waals surface area contributed by atoms with Gasteiger partial charge in [-0.05, 0) is 49.6 Å². The largest absolute Gasteiger partial charge is 0.494 e. The summed E-state index contributed by atoms with van der Waals surface area (Å²) in [5, 5.41) is 3.58. The molecule has 0 aliphatic heterocycles. The average Bonchev–Trinajstić information content (AvgIpc) is 2.54. The summed E-state index contributed by atoms with van der Waals surface area (Å²) in [5.74, 6) is 0.944. The van der Waals surface area contributed by atoms with Crippen LogP contribution in [-0.4, -0.2) is 13.2 Å². The maximum Gasteiger partial charge on any atom is 0.119 e. The van der Waals surface area contributed by atoms with Crippen LogP contribution in [0.1, 0.15) is 37.4 Å². The highest BCUT2D eigenvalue weighted by Gasteiger charge is 2.10. The Kier molecular flexibility index (Phi) is 6.29. The summed E-state index contributed by atoms with van der Waals surface area (Å²) in [6, 6.07) is 19.5. The molecular formula is C19H25NO. The van der Waals surface area contributed by atoms with Crippen molar-refractivity contribution in [3.05, 3.63) is 65.7 Å². The fourth-order valence-electron chi connectivity index (χ4n) is 2.55. The Labute approximate surface area is 128 Å². The van der Waals surface area contributed by atoms with Crippen LogP contribution in [0.25, 0.3) is 0 Å². The Morgan fingerprint density at radius 3 is 2.29 bits per heavy atom. The van der Waals surface area contributed by atoms with E-state index in [2.05, 4.69) is 66.8 Å². The summed E-state index contributed by atoms with van der Waals surface area (Å²) in [6.07, 6.45) is 2.19. The van der Waals surface area contributed by atoms with Gasteiger partial charge in [-0.1, -0.05) is 49.4 Å². The van der Waals surface area contributed by atoms with Crippen LogP contribution < -0.4 is 10.1 Å². The van der Waals surface area contributed by atoms with Crippen molar-refractivity contribution < 1.29 is 4.74 Å². The van der Waals surface area contributed by atoms with Crippen LogP contribution in [0.5, 0.6) is 5.75 Å². The quantitative estimate of drug-likeness (QED) is 0.777. The SMILES string of the molecule is CCNC(CCc1ccccc1)c1ccc(OCC)cc1. The first-order chi connectivity index (χ1) is 10.3. The van der Waals surface area contributed by atoms with Gasteiger partial charge >= 0.3 is 0 Å². The number of hydrogen-bond donors (Lipinski definition) is 1. The molecule has 2 nitrogen and oxygen atoms in total. The number of hydrogen-bond acceptors (Lipinski definition) is 2. The number of rotatable bonds is 8. The molecule has 2 rings (SSSR count). The van der Waals surface area contributed by atoms with E-state index >= 15 is 0 Å². The zero-order valence-electron chi connectivity index (χ0n) is 13.0. The van der Waals surface area contributed by atoms with Crippen molar-refractivity contribution in [3.63, 3.8) is 0 Å². The molecule has 1 N–H and O–H groups in total. The molecule has 0 bridgehead atoms. The van der Waals surface area contributed by atoms with Crippen LogP contribution >= 0.6 is 0 Å². The van der Waals surface area contributed by atoms with Gasteiger partial charge in [-0.3, -0.25) is 0 Å². The van der Waals surface area contributed by atoms with Crippen LogP contribution in [-0.2, 0) is 6.42 Å². The Bertz CT molecular complexity index is 507. The maximum absolute atomic E-state index is 5.51. The molecule has 0 spiro atoms. The standard InChI is InChI=1S/C19H25NO/c1-3-20-19(15-10-16-8-6-5-7-9-16)17-11-13-18(14-12-17)21-4-2/h5-9,11-14,19-20H,3-4,10,15H2,1-2H3. The van der Waals surface area contributed by atoms with Crippen molar-refractivity contribution in [1.29, 1.82) is 0 Å². The first-order valence-electron chi connectivity index (χ1n) is 7.83. The lowest BCUT2D eigenvalue weighted by molar-refractivity contribution is 0.340. The summed E-state index contributed by atoms with van der Waals surface area (Å²) < 4.78 is 5.51. The molecule has 21 heavy (non-hydrogen) atoms. The van der Waals surface area contributed by atoms with Gasteiger partial charge in [-0.2, -0.15) is 0 Å². The van der Waals surface area contributed by atoms with Gasteiger partial charge in [-0.25, -0.2) is 0 Å². The lowest BCUT2D eigenvalue weighted by Gasteiger charge is -2.19. The van der Waals surface area contributed by atoms with Crippen LogP contribution in [0.4, 0.5) is 0 Å². The molecule has 0 heterocycles. The Hall–Kier alpha value is -1.80. The van der Waals surface area contributed by atoms with Crippen LogP contribution in [0.15, 0.2) is 54.6 Å². The third-order valence-corrected chi connectivity index (χ3v) is 3.61. The van der Waals surface area contributed by atoms with E-state index < -0.39 is 0 Å². The van der Waals surface area contributed by atoms with Crippen molar-refractivity contribution >= 4 is 0 Å². The number of aryl methyl sites for hydroxylation is 1. The second-order valence-electron chi connectivity index (χ2n) is 5.14. The van der Waals surface area contributed by atoms with Crippen LogP contribution in [0.3, 0.4) is 0 Å². The van der Waals surface area contributed by atoms with Crippen LogP contribution in [0.2, 0.25) is 0 Å². The molecule has 0 aromatic heterocycles. The average molecular weight is 283 g/mol. The van der Waals surface area contributed by atoms with Gasteiger partial charge < -0.3 is 10.1 Å². The van der Waals surface area contributed by atoms with E-state index in [1.807, 2.05) is 6.92 Å². The number of nitrogens with one attached hydrogen (secondary N) is 1. The predicted octanol–water partition coefficient (Wildman–Crippen LogP) is 4.37. The summed E-state index contributed by atoms with van der Waals surface area (Å²) in [5.41, 5.74) is 2.72. The smallest absolute Gasteiger partial charge is 0.119 e. The van der Waals surface area contributed by atoms with Gasteiger partial charge in [0, 0.05) is 6.04 Å². The highest BCUT2D eigenvalue weighted by molar-refractivity contribution is 5.29. The second-order valence-corrected chi connectivity index (χ2v) is 5.14. The molecule has 2 heteroatoms. The van der Waals surface area contributed by atoms with Crippen LogP contribution in [0, 0.1) is 0 Å². The molecule has 0 saturated heterocycles. The van der Waals surface area contributed by atoms with Gasteiger partial charge in [0.15, 0.2) is 0 Å². The van der Waals surface area contributed by atoms with E-state index in [1.54, 1.807) is 0 Å². The number of ether oxygens (including phenoxy) is 1. The zero-order valence-corrected chi connectivity index (χ0v) is 13.0. The van der Waals surface area contributed by atoms with E-state index in [-0.39, 0.29) is 0 Å². The predicted molar refractivity (Wildman–Crippen MR) is 88.8 cm³/mol. The molecular weight excluding hydrogens is 258 g/mol. The molecule has 1 unspecified atom stereocenters. The molecule has 0 saturated carbocycles. The Balaban J connectivity index is 2.00. The van der Waals surface area contributed by atoms with Crippen molar-refractivity contribution in [2.75, 3.05) is 13.2 Å². The Morgan fingerprint density at radius 2 is 1.67 bits per heavy atom. The molecule has 2 aromatic carbocycles. The molecule has 1 atom stereocenters. The minimum absolute atomic E-state index is 0.394. The summed E-state index contributed by atoms with van der Waals surface area (Å²) in [6.45, 7) is 5.86. The fourth-order valence-corrected chi connectivity index (χ4v) is 2.55.